The standard InChI is InChI=1S/C7H14N2O/c1-5(2)9-6-3-7(10)8-4-6/h5-6,9H,3-4H2,1-2H3,(H,8,10)/t6-/m1/s1. The molecule has 1 heterocycles. The second-order valence-electron chi connectivity index (χ2n) is 3.03. The lowest BCUT2D eigenvalue weighted by Crippen LogP contribution is -2.35. The van der Waals surface area contributed by atoms with Crippen molar-refractivity contribution in [3.63, 3.8) is 0 Å². The van der Waals surface area contributed by atoms with Gasteiger partial charge in [-0.15, -0.1) is 0 Å². The minimum absolute atomic E-state index is 0.165. The molecule has 1 aliphatic heterocycles. The third-order valence-electron chi connectivity index (χ3n) is 1.55. The van der Waals surface area contributed by atoms with Crippen LogP contribution in [0.2, 0.25) is 0 Å². The summed E-state index contributed by atoms with van der Waals surface area (Å²) in [6.45, 7) is 4.96. The summed E-state index contributed by atoms with van der Waals surface area (Å²) in [6.07, 6.45) is 0.637. The van der Waals surface area contributed by atoms with Crippen LogP contribution in [0.1, 0.15) is 20.3 Å². The fraction of sp³-hybridized carbons (Fsp3) is 0.857. The van der Waals surface area contributed by atoms with Crippen molar-refractivity contribution < 1.29 is 4.79 Å². The van der Waals surface area contributed by atoms with Crippen LogP contribution in [0.15, 0.2) is 0 Å². The summed E-state index contributed by atoms with van der Waals surface area (Å²) >= 11 is 0. The van der Waals surface area contributed by atoms with E-state index in [1.807, 2.05) is 0 Å². The lowest BCUT2D eigenvalue weighted by molar-refractivity contribution is -0.119. The van der Waals surface area contributed by atoms with Crippen molar-refractivity contribution in [3.05, 3.63) is 0 Å². The zero-order valence-electron chi connectivity index (χ0n) is 6.48. The summed E-state index contributed by atoms with van der Waals surface area (Å²) in [6, 6.07) is 0.824. The van der Waals surface area contributed by atoms with E-state index in [1.165, 1.54) is 0 Å². The number of carbonyl (C=O) groups is 1. The van der Waals surface area contributed by atoms with Crippen molar-refractivity contribution in [2.24, 2.45) is 0 Å². The van der Waals surface area contributed by atoms with Gasteiger partial charge in [0.05, 0.1) is 0 Å². The van der Waals surface area contributed by atoms with Gasteiger partial charge in [0, 0.05) is 25.0 Å². The first-order valence-corrected chi connectivity index (χ1v) is 3.71. The van der Waals surface area contributed by atoms with E-state index in [0.717, 1.165) is 6.54 Å². The first-order valence-electron chi connectivity index (χ1n) is 3.71. The van der Waals surface area contributed by atoms with Gasteiger partial charge < -0.3 is 10.6 Å². The predicted molar refractivity (Wildman–Crippen MR) is 39.7 cm³/mol. The average Bonchev–Trinajstić information content (AvgIpc) is 2.13. The molecular formula is C7H14N2O. The molecule has 58 valence electrons. The SMILES string of the molecule is CC(C)N[C@H]1CNC(=O)C1. The summed E-state index contributed by atoms with van der Waals surface area (Å²) in [5, 5.41) is 6.06. The van der Waals surface area contributed by atoms with Crippen molar-refractivity contribution in [1.29, 1.82) is 0 Å². The van der Waals surface area contributed by atoms with Crippen molar-refractivity contribution in [2.45, 2.75) is 32.4 Å². The largest absolute Gasteiger partial charge is 0.354 e. The van der Waals surface area contributed by atoms with Gasteiger partial charge in [-0.25, -0.2) is 0 Å². The molecule has 0 bridgehead atoms. The normalized spacial score (nSPS) is 25.5. The third-order valence-corrected chi connectivity index (χ3v) is 1.55. The smallest absolute Gasteiger partial charge is 0.221 e. The van der Waals surface area contributed by atoms with Gasteiger partial charge in [-0.3, -0.25) is 4.79 Å². The van der Waals surface area contributed by atoms with Crippen molar-refractivity contribution >= 4 is 5.91 Å². The molecule has 0 aromatic rings. The van der Waals surface area contributed by atoms with E-state index in [1.54, 1.807) is 0 Å². The van der Waals surface area contributed by atoms with Crippen molar-refractivity contribution in [1.82, 2.24) is 10.6 Å². The van der Waals surface area contributed by atoms with Crippen LogP contribution in [0.5, 0.6) is 0 Å². The minimum Gasteiger partial charge on any atom is -0.354 e. The number of carbonyl (C=O) groups excluding carboxylic acids is 1. The maximum Gasteiger partial charge on any atom is 0.221 e. The van der Waals surface area contributed by atoms with Gasteiger partial charge in [0.1, 0.15) is 0 Å². The highest BCUT2D eigenvalue weighted by atomic mass is 16.1. The van der Waals surface area contributed by atoms with Gasteiger partial charge >= 0.3 is 0 Å². The average molecular weight is 142 g/mol. The molecule has 0 aromatic heterocycles. The van der Waals surface area contributed by atoms with Gasteiger partial charge in [0.2, 0.25) is 5.91 Å². The van der Waals surface area contributed by atoms with Gasteiger partial charge in [0.15, 0.2) is 0 Å². The van der Waals surface area contributed by atoms with E-state index in [9.17, 15) is 4.79 Å². The van der Waals surface area contributed by atoms with Crippen LogP contribution in [-0.2, 0) is 4.79 Å². The van der Waals surface area contributed by atoms with Gasteiger partial charge in [0.25, 0.3) is 0 Å². The topological polar surface area (TPSA) is 41.1 Å². The lowest BCUT2D eigenvalue weighted by Gasteiger charge is -2.12. The van der Waals surface area contributed by atoms with E-state index >= 15 is 0 Å². The number of rotatable bonds is 2. The maximum absolute atomic E-state index is 10.7. The van der Waals surface area contributed by atoms with Crippen LogP contribution < -0.4 is 10.6 Å². The van der Waals surface area contributed by atoms with Crippen molar-refractivity contribution in [3.8, 4) is 0 Å². The molecule has 0 aliphatic carbocycles. The van der Waals surface area contributed by atoms with E-state index in [-0.39, 0.29) is 5.91 Å². The molecule has 0 aromatic carbocycles. The molecule has 1 atom stereocenters. The summed E-state index contributed by atoms with van der Waals surface area (Å²) in [7, 11) is 0. The van der Waals surface area contributed by atoms with Crippen molar-refractivity contribution in [2.75, 3.05) is 6.54 Å². The highest BCUT2D eigenvalue weighted by Crippen LogP contribution is 1.99. The first kappa shape index (κ1) is 7.54. The zero-order chi connectivity index (χ0) is 7.56. The predicted octanol–water partition coefficient (Wildman–Crippen LogP) is -0.127. The van der Waals surface area contributed by atoms with Crippen LogP contribution in [-0.4, -0.2) is 24.5 Å². The number of hydrogen-bond donors (Lipinski definition) is 2. The zero-order valence-corrected chi connectivity index (χ0v) is 6.48. The van der Waals surface area contributed by atoms with E-state index in [0.29, 0.717) is 18.5 Å². The van der Waals surface area contributed by atoms with Crippen LogP contribution >= 0.6 is 0 Å². The Morgan fingerprint density at radius 2 is 2.40 bits per heavy atom. The molecule has 0 saturated carbocycles. The van der Waals surface area contributed by atoms with Gasteiger partial charge in [-0.05, 0) is 0 Å². The summed E-state index contributed by atoms with van der Waals surface area (Å²) in [4.78, 5) is 10.7. The molecule has 0 unspecified atom stereocenters. The fourth-order valence-electron chi connectivity index (χ4n) is 1.19. The Morgan fingerprint density at radius 1 is 1.70 bits per heavy atom. The maximum atomic E-state index is 10.7. The molecular weight excluding hydrogens is 128 g/mol. The Kier molecular flexibility index (Phi) is 2.27. The van der Waals surface area contributed by atoms with Crippen LogP contribution in [0, 0.1) is 0 Å². The Bertz CT molecular complexity index is 134. The second kappa shape index (κ2) is 3.01. The summed E-state index contributed by atoms with van der Waals surface area (Å²) in [5.74, 6) is 0.165. The molecule has 1 aliphatic rings. The van der Waals surface area contributed by atoms with E-state index < -0.39 is 0 Å². The molecule has 1 rings (SSSR count). The van der Waals surface area contributed by atoms with E-state index in [2.05, 4.69) is 24.5 Å². The highest BCUT2D eigenvalue weighted by Gasteiger charge is 2.20. The fourth-order valence-corrected chi connectivity index (χ4v) is 1.19. The Morgan fingerprint density at radius 3 is 2.80 bits per heavy atom. The minimum atomic E-state index is 0.165. The molecule has 1 fully saturated rings. The number of nitrogens with one attached hydrogen (secondary N) is 2. The number of amides is 1. The summed E-state index contributed by atoms with van der Waals surface area (Å²) in [5.41, 5.74) is 0. The molecule has 0 spiro atoms. The highest BCUT2D eigenvalue weighted by molar-refractivity contribution is 5.78. The second-order valence-corrected chi connectivity index (χ2v) is 3.03. The first-order chi connectivity index (χ1) is 4.68. The number of hydrogen-bond acceptors (Lipinski definition) is 2. The Labute approximate surface area is 61.2 Å². The molecule has 1 saturated heterocycles. The Balaban J connectivity index is 2.24. The third kappa shape index (κ3) is 1.99. The van der Waals surface area contributed by atoms with Gasteiger partial charge in [-0.2, -0.15) is 0 Å². The summed E-state index contributed by atoms with van der Waals surface area (Å²) < 4.78 is 0. The molecule has 3 heteroatoms. The monoisotopic (exact) mass is 142 g/mol. The molecule has 2 N–H and O–H groups in total. The van der Waals surface area contributed by atoms with Crippen LogP contribution in [0.4, 0.5) is 0 Å². The molecule has 0 radical (unpaired) electrons. The molecule has 10 heavy (non-hydrogen) atoms. The molecule has 3 nitrogen and oxygen atoms in total. The Hall–Kier alpha value is -0.570. The van der Waals surface area contributed by atoms with E-state index in [4.69, 9.17) is 0 Å². The molecule has 1 amide bonds. The lowest BCUT2D eigenvalue weighted by atomic mass is 10.2. The quantitative estimate of drug-likeness (QED) is 0.564. The van der Waals surface area contributed by atoms with Crippen LogP contribution in [0.25, 0.3) is 0 Å². The van der Waals surface area contributed by atoms with Crippen LogP contribution in [0.3, 0.4) is 0 Å². The van der Waals surface area contributed by atoms with Gasteiger partial charge in [-0.1, -0.05) is 13.8 Å².